The highest BCUT2D eigenvalue weighted by molar-refractivity contribution is 6.31. The van der Waals surface area contributed by atoms with Gasteiger partial charge in [0, 0.05) is 13.0 Å². The molecule has 0 unspecified atom stereocenters. The summed E-state index contributed by atoms with van der Waals surface area (Å²) >= 11 is 5.75. The maximum absolute atomic E-state index is 8.58. The van der Waals surface area contributed by atoms with Crippen molar-refractivity contribution in [1.82, 2.24) is 4.98 Å². The monoisotopic (exact) mass is 172 g/mol. The number of aromatic nitrogens is 1. The van der Waals surface area contributed by atoms with Gasteiger partial charge < -0.3 is 10.8 Å². The van der Waals surface area contributed by atoms with Crippen LogP contribution in [0.25, 0.3) is 0 Å². The number of rotatable bonds is 2. The average molecular weight is 173 g/mol. The van der Waals surface area contributed by atoms with Crippen molar-refractivity contribution in [3.8, 4) is 0 Å². The number of aliphatic hydroxyl groups is 1. The summed E-state index contributed by atoms with van der Waals surface area (Å²) < 4.78 is 0. The molecule has 11 heavy (non-hydrogen) atoms. The molecular weight excluding hydrogens is 164 g/mol. The molecule has 60 valence electrons. The molecule has 0 aromatic carbocycles. The highest BCUT2D eigenvalue weighted by Gasteiger charge is 2.00. The van der Waals surface area contributed by atoms with E-state index in [4.69, 9.17) is 22.4 Å². The van der Waals surface area contributed by atoms with E-state index >= 15 is 0 Å². The van der Waals surface area contributed by atoms with Crippen molar-refractivity contribution in [2.24, 2.45) is 0 Å². The predicted molar refractivity (Wildman–Crippen MR) is 44.4 cm³/mol. The third-order valence-electron chi connectivity index (χ3n) is 1.29. The molecule has 4 heteroatoms. The molecule has 0 radical (unpaired) electrons. The first-order valence-electron chi connectivity index (χ1n) is 3.25. The molecule has 0 aliphatic carbocycles. The molecular formula is C7H9ClN2O. The Morgan fingerprint density at radius 3 is 2.91 bits per heavy atom. The minimum absolute atomic E-state index is 0.0522. The Balaban J connectivity index is 2.90. The van der Waals surface area contributed by atoms with Gasteiger partial charge in [-0.25, -0.2) is 0 Å². The number of hydrogen-bond acceptors (Lipinski definition) is 3. The second-order valence-electron chi connectivity index (χ2n) is 2.17. The number of nitrogens with zero attached hydrogens (tertiary/aromatic N) is 1. The van der Waals surface area contributed by atoms with Gasteiger partial charge in [-0.1, -0.05) is 11.6 Å². The molecule has 0 fully saturated rings. The minimum Gasteiger partial charge on any atom is -0.397 e. The fraction of sp³-hybridized carbons (Fsp3) is 0.286. The Kier molecular flexibility index (Phi) is 2.68. The first kappa shape index (κ1) is 8.30. The molecule has 0 saturated carbocycles. The molecule has 1 rings (SSSR count). The van der Waals surface area contributed by atoms with Crippen molar-refractivity contribution in [3.05, 3.63) is 23.0 Å². The highest BCUT2D eigenvalue weighted by atomic mass is 35.5. The number of anilines is 1. The topological polar surface area (TPSA) is 59.1 Å². The van der Waals surface area contributed by atoms with Gasteiger partial charge in [-0.15, -0.1) is 0 Å². The van der Waals surface area contributed by atoms with Crippen LogP contribution in [-0.2, 0) is 6.42 Å². The quantitative estimate of drug-likeness (QED) is 0.696. The van der Waals surface area contributed by atoms with Crippen molar-refractivity contribution in [1.29, 1.82) is 0 Å². The summed E-state index contributed by atoms with van der Waals surface area (Å²) in [4.78, 5) is 3.95. The summed E-state index contributed by atoms with van der Waals surface area (Å²) in [7, 11) is 0. The van der Waals surface area contributed by atoms with E-state index in [0.29, 0.717) is 22.8 Å². The SMILES string of the molecule is Nc1cnc(CCO)c(Cl)c1. The zero-order valence-electron chi connectivity index (χ0n) is 5.92. The molecule has 1 aromatic rings. The predicted octanol–water partition coefficient (Wildman–Crippen LogP) is 0.852. The van der Waals surface area contributed by atoms with Crippen LogP contribution < -0.4 is 5.73 Å². The second kappa shape index (κ2) is 3.55. The molecule has 0 aliphatic heterocycles. The van der Waals surface area contributed by atoms with Gasteiger partial charge in [0.05, 0.1) is 22.6 Å². The van der Waals surface area contributed by atoms with Gasteiger partial charge in [-0.3, -0.25) is 4.98 Å². The molecule has 0 atom stereocenters. The average Bonchev–Trinajstić information content (AvgIpc) is 1.95. The van der Waals surface area contributed by atoms with Crippen LogP contribution in [0.4, 0.5) is 5.69 Å². The Hall–Kier alpha value is -0.800. The van der Waals surface area contributed by atoms with E-state index in [0.717, 1.165) is 0 Å². The minimum atomic E-state index is 0.0522. The summed E-state index contributed by atoms with van der Waals surface area (Å²) in [6.45, 7) is 0.0522. The van der Waals surface area contributed by atoms with E-state index in [1.54, 1.807) is 6.07 Å². The molecule has 0 spiro atoms. The smallest absolute Gasteiger partial charge is 0.0642 e. The lowest BCUT2D eigenvalue weighted by Crippen LogP contribution is -1.97. The van der Waals surface area contributed by atoms with E-state index in [1.807, 2.05) is 0 Å². The molecule has 0 saturated heterocycles. The second-order valence-corrected chi connectivity index (χ2v) is 2.58. The van der Waals surface area contributed by atoms with Crippen LogP contribution in [-0.4, -0.2) is 16.7 Å². The summed E-state index contributed by atoms with van der Waals surface area (Å²) in [5.41, 5.74) is 6.64. The molecule has 1 aromatic heterocycles. The normalized spacial score (nSPS) is 10.0. The van der Waals surface area contributed by atoms with E-state index in [1.165, 1.54) is 6.20 Å². The Bertz CT molecular complexity index is 252. The number of hydrogen-bond donors (Lipinski definition) is 2. The largest absolute Gasteiger partial charge is 0.397 e. The van der Waals surface area contributed by atoms with E-state index in [-0.39, 0.29) is 6.61 Å². The number of aliphatic hydroxyl groups excluding tert-OH is 1. The summed E-state index contributed by atoms with van der Waals surface area (Å²) in [5.74, 6) is 0. The van der Waals surface area contributed by atoms with Crippen molar-refractivity contribution >= 4 is 17.3 Å². The van der Waals surface area contributed by atoms with Crippen LogP contribution in [0.2, 0.25) is 5.02 Å². The molecule has 1 heterocycles. The van der Waals surface area contributed by atoms with Crippen molar-refractivity contribution in [3.63, 3.8) is 0 Å². The Morgan fingerprint density at radius 2 is 2.36 bits per heavy atom. The zero-order chi connectivity index (χ0) is 8.27. The maximum Gasteiger partial charge on any atom is 0.0642 e. The van der Waals surface area contributed by atoms with Gasteiger partial charge in [0.25, 0.3) is 0 Å². The van der Waals surface area contributed by atoms with Crippen LogP contribution in [0.1, 0.15) is 5.69 Å². The molecule has 3 nitrogen and oxygen atoms in total. The standard InChI is InChI=1S/C7H9ClN2O/c8-6-3-5(9)4-10-7(6)1-2-11/h3-4,11H,1-2,9H2. The number of nitrogen functional groups attached to an aromatic ring is 1. The van der Waals surface area contributed by atoms with Crippen LogP contribution in [0.15, 0.2) is 12.3 Å². The lowest BCUT2D eigenvalue weighted by atomic mass is 10.3. The first-order chi connectivity index (χ1) is 5.24. The van der Waals surface area contributed by atoms with Crippen molar-refractivity contribution in [2.45, 2.75) is 6.42 Å². The third kappa shape index (κ3) is 2.06. The van der Waals surface area contributed by atoms with Gasteiger partial charge in [0.15, 0.2) is 0 Å². The fourth-order valence-electron chi connectivity index (χ4n) is 0.771. The molecule has 0 aliphatic rings. The van der Waals surface area contributed by atoms with Gasteiger partial charge >= 0.3 is 0 Å². The lowest BCUT2D eigenvalue weighted by molar-refractivity contribution is 0.298. The lowest BCUT2D eigenvalue weighted by Gasteiger charge is -2.00. The number of nitrogens with two attached hydrogens (primary N) is 1. The number of pyridine rings is 1. The maximum atomic E-state index is 8.58. The zero-order valence-corrected chi connectivity index (χ0v) is 6.67. The van der Waals surface area contributed by atoms with E-state index in [2.05, 4.69) is 4.98 Å². The summed E-state index contributed by atoms with van der Waals surface area (Å²) in [6.07, 6.45) is 2.00. The van der Waals surface area contributed by atoms with Crippen LogP contribution >= 0.6 is 11.6 Å². The van der Waals surface area contributed by atoms with E-state index < -0.39 is 0 Å². The molecule has 0 bridgehead atoms. The van der Waals surface area contributed by atoms with Crippen LogP contribution in [0.5, 0.6) is 0 Å². The first-order valence-corrected chi connectivity index (χ1v) is 3.62. The van der Waals surface area contributed by atoms with Crippen LogP contribution in [0, 0.1) is 0 Å². The van der Waals surface area contributed by atoms with Crippen molar-refractivity contribution in [2.75, 3.05) is 12.3 Å². The van der Waals surface area contributed by atoms with Crippen molar-refractivity contribution < 1.29 is 5.11 Å². The van der Waals surface area contributed by atoms with Crippen LogP contribution in [0.3, 0.4) is 0 Å². The van der Waals surface area contributed by atoms with Gasteiger partial charge in [0.2, 0.25) is 0 Å². The molecule has 0 amide bonds. The van der Waals surface area contributed by atoms with Gasteiger partial charge in [-0.05, 0) is 6.07 Å². The Morgan fingerprint density at radius 1 is 1.64 bits per heavy atom. The summed E-state index contributed by atoms with van der Waals surface area (Å²) in [6, 6.07) is 1.62. The van der Waals surface area contributed by atoms with E-state index in [9.17, 15) is 0 Å². The highest BCUT2D eigenvalue weighted by Crippen LogP contribution is 2.16. The third-order valence-corrected chi connectivity index (χ3v) is 1.61. The fourth-order valence-corrected chi connectivity index (χ4v) is 1.04. The molecule has 3 N–H and O–H groups in total. The Labute approximate surface area is 69.8 Å². The summed E-state index contributed by atoms with van der Waals surface area (Å²) in [5, 5.41) is 9.10. The number of halogens is 1. The van der Waals surface area contributed by atoms with Gasteiger partial charge in [0.1, 0.15) is 0 Å². The van der Waals surface area contributed by atoms with Gasteiger partial charge in [-0.2, -0.15) is 0 Å².